The Hall–Kier alpha value is -0.670. The van der Waals surface area contributed by atoms with Crippen molar-refractivity contribution in [3.05, 3.63) is 12.2 Å². The number of nitrogens with one attached hydrogen (secondary N) is 1. The van der Waals surface area contributed by atoms with Gasteiger partial charge >= 0.3 is 0 Å². The lowest BCUT2D eigenvalue weighted by Crippen LogP contribution is -2.47. The molecule has 0 aromatic heterocycles. The van der Waals surface area contributed by atoms with Gasteiger partial charge in [0.05, 0.1) is 6.54 Å². The SMILES string of the molecule is CC=CCN=CC(C)C1(C)CCC(CN(C)C2(C)CNC(CCC)C2)C1. The number of nitrogens with zero attached hydrogens (tertiary/aromatic N) is 2. The van der Waals surface area contributed by atoms with Gasteiger partial charge in [0.1, 0.15) is 0 Å². The molecule has 1 N–H and O–H groups in total. The third-order valence-corrected chi connectivity index (χ3v) is 7.30. The summed E-state index contributed by atoms with van der Waals surface area (Å²) in [6.07, 6.45) is 14.4. The first kappa shape index (κ1) is 21.6. The molecule has 3 nitrogen and oxygen atoms in total. The minimum Gasteiger partial charge on any atom is -0.312 e. The van der Waals surface area contributed by atoms with E-state index in [4.69, 9.17) is 0 Å². The van der Waals surface area contributed by atoms with E-state index in [2.05, 4.69) is 75.2 Å². The molecule has 0 amide bonds. The molecule has 0 radical (unpaired) electrons. The van der Waals surface area contributed by atoms with Gasteiger partial charge in [-0.15, -0.1) is 0 Å². The van der Waals surface area contributed by atoms with Crippen LogP contribution in [0.25, 0.3) is 0 Å². The normalized spacial score (nSPS) is 36.7. The molecule has 0 aromatic carbocycles. The Bertz CT molecular complexity index is 486. The second-order valence-electron chi connectivity index (χ2n) is 9.58. The van der Waals surface area contributed by atoms with Crippen molar-refractivity contribution in [2.45, 2.75) is 84.7 Å². The second-order valence-corrected chi connectivity index (χ2v) is 9.58. The quantitative estimate of drug-likeness (QED) is 0.466. The van der Waals surface area contributed by atoms with Gasteiger partial charge in [-0.3, -0.25) is 9.89 Å². The zero-order valence-corrected chi connectivity index (χ0v) is 18.2. The van der Waals surface area contributed by atoms with Gasteiger partial charge in [0.15, 0.2) is 0 Å². The maximum atomic E-state index is 4.61. The fourth-order valence-corrected chi connectivity index (χ4v) is 5.02. The van der Waals surface area contributed by atoms with Crippen LogP contribution in [-0.2, 0) is 0 Å². The molecule has 2 rings (SSSR count). The molecular formula is C23H43N3. The predicted molar refractivity (Wildman–Crippen MR) is 115 cm³/mol. The lowest BCUT2D eigenvalue weighted by molar-refractivity contribution is 0.125. The fraction of sp³-hybridized carbons (Fsp3) is 0.870. The molecule has 1 saturated carbocycles. The van der Waals surface area contributed by atoms with E-state index >= 15 is 0 Å². The topological polar surface area (TPSA) is 27.6 Å². The van der Waals surface area contributed by atoms with Gasteiger partial charge in [-0.25, -0.2) is 0 Å². The molecular weight excluding hydrogens is 318 g/mol. The molecule has 5 unspecified atom stereocenters. The molecule has 3 heteroatoms. The smallest absolute Gasteiger partial charge is 0.0566 e. The lowest BCUT2D eigenvalue weighted by Gasteiger charge is -2.37. The highest BCUT2D eigenvalue weighted by Gasteiger charge is 2.42. The minimum atomic E-state index is 0.332. The molecule has 1 aliphatic heterocycles. The van der Waals surface area contributed by atoms with Crippen LogP contribution in [0, 0.1) is 17.3 Å². The van der Waals surface area contributed by atoms with Gasteiger partial charge in [-0.05, 0) is 70.3 Å². The maximum Gasteiger partial charge on any atom is 0.0566 e. The van der Waals surface area contributed by atoms with Crippen molar-refractivity contribution in [2.24, 2.45) is 22.2 Å². The van der Waals surface area contributed by atoms with Crippen molar-refractivity contribution < 1.29 is 0 Å². The van der Waals surface area contributed by atoms with Crippen molar-refractivity contribution in [1.29, 1.82) is 0 Å². The molecule has 150 valence electrons. The summed E-state index contributed by atoms with van der Waals surface area (Å²) >= 11 is 0. The molecule has 26 heavy (non-hydrogen) atoms. The van der Waals surface area contributed by atoms with Crippen LogP contribution >= 0.6 is 0 Å². The highest BCUT2D eigenvalue weighted by atomic mass is 15.2. The van der Waals surface area contributed by atoms with Gasteiger partial charge in [-0.1, -0.05) is 39.3 Å². The predicted octanol–water partition coefficient (Wildman–Crippen LogP) is 4.93. The summed E-state index contributed by atoms with van der Waals surface area (Å²) in [7, 11) is 2.35. The zero-order valence-electron chi connectivity index (χ0n) is 18.2. The Labute approximate surface area is 162 Å². The number of hydrogen-bond acceptors (Lipinski definition) is 3. The first-order chi connectivity index (χ1) is 12.3. The van der Waals surface area contributed by atoms with Crippen molar-refractivity contribution in [3.63, 3.8) is 0 Å². The van der Waals surface area contributed by atoms with E-state index in [0.29, 0.717) is 16.9 Å². The number of likely N-dealkylation sites (N-methyl/N-ethyl adjacent to an activating group) is 1. The maximum absolute atomic E-state index is 4.61. The van der Waals surface area contributed by atoms with Crippen LogP contribution in [0.4, 0.5) is 0 Å². The van der Waals surface area contributed by atoms with E-state index < -0.39 is 0 Å². The summed E-state index contributed by atoms with van der Waals surface area (Å²) in [5.41, 5.74) is 0.753. The van der Waals surface area contributed by atoms with E-state index in [1.165, 1.54) is 45.1 Å². The monoisotopic (exact) mass is 361 g/mol. The van der Waals surface area contributed by atoms with Gasteiger partial charge in [-0.2, -0.15) is 0 Å². The van der Waals surface area contributed by atoms with E-state index in [0.717, 1.165) is 25.0 Å². The number of aliphatic imine (C=N–C) groups is 1. The highest BCUT2D eigenvalue weighted by Crippen LogP contribution is 2.47. The van der Waals surface area contributed by atoms with E-state index in [1.807, 2.05) is 0 Å². The van der Waals surface area contributed by atoms with E-state index in [1.54, 1.807) is 0 Å². The van der Waals surface area contributed by atoms with Crippen LogP contribution in [-0.4, -0.2) is 49.4 Å². The Morgan fingerprint density at radius 3 is 2.77 bits per heavy atom. The zero-order chi connectivity index (χ0) is 19.2. The average molecular weight is 362 g/mol. The summed E-state index contributed by atoms with van der Waals surface area (Å²) in [5.74, 6) is 1.40. The lowest BCUT2D eigenvalue weighted by atomic mass is 9.76. The van der Waals surface area contributed by atoms with Crippen LogP contribution < -0.4 is 5.32 Å². The van der Waals surface area contributed by atoms with Crippen molar-refractivity contribution in [3.8, 4) is 0 Å². The summed E-state index contributed by atoms with van der Waals surface area (Å²) in [5, 5.41) is 3.76. The van der Waals surface area contributed by atoms with Crippen LogP contribution in [0.2, 0.25) is 0 Å². The van der Waals surface area contributed by atoms with Crippen molar-refractivity contribution >= 4 is 6.21 Å². The Morgan fingerprint density at radius 1 is 1.31 bits per heavy atom. The number of allylic oxidation sites excluding steroid dienone is 1. The Kier molecular flexibility index (Phi) is 7.90. The van der Waals surface area contributed by atoms with Crippen LogP contribution in [0.5, 0.6) is 0 Å². The fourth-order valence-electron chi connectivity index (χ4n) is 5.02. The third kappa shape index (κ3) is 5.42. The molecule has 2 fully saturated rings. The average Bonchev–Trinajstić information content (AvgIpc) is 3.17. The molecule has 0 spiro atoms. The standard InChI is InChI=1S/C23H43N3/c1-7-9-13-24-16-19(3)22(4)12-11-20(14-22)17-26(6)23(5)15-21(10-8-2)25-18-23/h7,9,16,19-21,25H,8,10-15,17-18H2,1-6H3. The van der Waals surface area contributed by atoms with Crippen molar-refractivity contribution in [1.82, 2.24) is 10.2 Å². The summed E-state index contributed by atoms with van der Waals surface area (Å²) in [6.45, 7) is 14.9. The molecule has 0 bridgehead atoms. The first-order valence-electron chi connectivity index (χ1n) is 10.9. The molecule has 5 atom stereocenters. The third-order valence-electron chi connectivity index (χ3n) is 7.30. The molecule has 1 saturated heterocycles. The van der Waals surface area contributed by atoms with Gasteiger partial charge in [0.25, 0.3) is 0 Å². The number of rotatable bonds is 9. The Balaban J connectivity index is 1.85. The van der Waals surface area contributed by atoms with Gasteiger partial charge in [0, 0.05) is 30.9 Å². The second kappa shape index (κ2) is 9.50. The van der Waals surface area contributed by atoms with Crippen LogP contribution in [0.3, 0.4) is 0 Å². The summed E-state index contributed by atoms with van der Waals surface area (Å²) in [6, 6.07) is 0.717. The first-order valence-corrected chi connectivity index (χ1v) is 10.9. The number of hydrogen-bond donors (Lipinski definition) is 1. The Morgan fingerprint density at radius 2 is 2.08 bits per heavy atom. The molecule has 1 aliphatic carbocycles. The van der Waals surface area contributed by atoms with Gasteiger partial charge < -0.3 is 5.32 Å². The van der Waals surface area contributed by atoms with Crippen LogP contribution in [0.15, 0.2) is 17.1 Å². The molecule has 0 aromatic rings. The van der Waals surface area contributed by atoms with E-state index in [9.17, 15) is 0 Å². The summed E-state index contributed by atoms with van der Waals surface area (Å²) < 4.78 is 0. The minimum absolute atomic E-state index is 0.332. The largest absolute Gasteiger partial charge is 0.312 e. The molecule has 1 heterocycles. The van der Waals surface area contributed by atoms with Crippen LogP contribution in [0.1, 0.15) is 73.1 Å². The highest BCUT2D eigenvalue weighted by molar-refractivity contribution is 5.61. The van der Waals surface area contributed by atoms with Crippen molar-refractivity contribution in [2.75, 3.05) is 26.7 Å². The summed E-state index contributed by atoms with van der Waals surface area (Å²) in [4.78, 5) is 7.27. The van der Waals surface area contributed by atoms with E-state index in [-0.39, 0.29) is 0 Å². The van der Waals surface area contributed by atoms with Gasteiger partial charge in [0.2, 0.25) is 0 Å². The molecule has 2 aliphatic rings.